The van der Waals surface area contributed by atoms with E-state index < -0.39 is 0 Å². The van der Waals surface area contributed by atoms with E-state index in [9.17, 15) is 9.90 Å². The second-order valence-electron chi connectivity index (χ2n) is 5.67. The number of nitrogens with one attached hydrogen (secondary N) is 1. The molecule has 2 fully saturated rings. The van der Waals surface area contributed by atoms with Crippen LogP contribution in [0.2, 0.25) is 0 Å². The van der Waals surface area contributed by atoms with E-state index in [0.29, 0.717) is 17.5 Å². The Morgan fingerprint density at radius 2 is 2.20 bits per heavy atom. The summed E-state index contributed by atoms with van der Waals surface area (Å²) in [6.45, 7) is 4.58. The molecule has 110 valence electrons. The normalized spacial score (nSPS) is 24.9. The second kappa shape index (κ2) is 6.02. The average Bonchev–Trinajstić information content (AvgIpc) is 2.88. The van der Waals surface area contributed by atoms with Crippen LogP contribution in [0.25, 0.3) is 0 Å². The minimum Gasteiger partial charge on any atom is -0.507 e. The van der Waals surface area contributed by atoms with Gasteiger partial charge < -0.3 is 15.3 Å². The molecule has 0 spiro atoms. The van der Waals surface area contributed by atoms with Gasteiger partial charge in [0.05, 0.1) is 5.56 Å². The quantitative estimate of drug-likeness (QED) is 0.833. The molecule has 1 aromatic carbocycles. The maximum absolute atomic E-state index is 12.5. The number of aromatic hydroxyl groups is 1. The zero-order valence-corrected chi connectivity index (χ0v) is 12.4. The number of phenolic OH excluding ortho intramolecular Hbond substituents is 1. The van der Waals surface area contributed by atoms with Gasteiger partial charge >= 0.3 is 0 Å². The number of likely N-dealkylation sites (tertiary alicyclic amines) is 1. The fourth-order valence-electron chi connectivity index (χ4n) is 3.22. The van der Waals surface area contributed by atoms with Crippen LogP contribution in [0.15, 0.2) is 18.2 Å². The molecular weight excluding hydrogens is 276 g/mol. The largest absolute Gasteiger partial charge is 0.507 e. The van der Waals surface area contributed by atoms with Crippen LogP contribution in [-0.2, 0) is 0 Å². The van der Waals surface area contributed by atoms with Gasteiger partial charge in [0.1, 0.15) is 5.75 Å². The molecule has 2 atom stereocenters. The van der Waals surface area contributed by atoms with Gasteiger partial charge in [-0.25, -0.2) is 0 Å². The van der Waals surface area contributed by atoms with Crippen LogP contribution in [0.3, 0.4) is 0 Å². The van der Waals surface area contributed by atoms with Crippen molar-refractivity contribution in [2.24, 2.45) is 5.92 Å². The molecule has 2 saturated heterocycles. The third-order valence-corrected chi connectivity index (χ3v) is 4.33. The van der Waals surface area contributed by atoms with Crippen LogP contribution < -0.4 is 5.32 Å². The van der Waals surface area contributed by atoms with Crippen molar-refractivity contribution in [2.45, 2.75) is 25.8 Å². The monoisotopic (exact) mass is 296 g/mol. The van der Waals surface area contributed by atoms with Gasteiger partial charge in [0.25, 0.3) is 5.91 Å². The lowest BCUT2D eigenvalue weighted by Gasteiger charge is -2.35. The maximum atomic E-state index is 12.5. The van der Waals surface area contributed by atoms with Crippen LogP contribution >= 0.6 is 12.4 Å². The molecule has 1 aromatic rings. The Morgan fingerprint density at radius 1 is 1.40 bits per heavy atom. The molecule has 4 nitrogen and oxygen atoms in total. The summed E-state index contributed by atoms with van der Waals surface area (Å²) in [6.07, 6.45) is 2.16. The van der Waals surface area contributed by atoms with E-state index in [0.717, 1.165) is 38.0 Å². The van der Waals surface area contributed by atoms with Crippen LogP contribution in [-0.4, -0.2) is 41.6 Å². The molecule has 2 aliphatic heterocycles. The Morgan fingerprint density at radius 3 is 3.00 bits per heavy atom. The van der Waals surface area contributed by atoms with E-state index in [2.05, 4.69) is 5.32 Å². The second-order valence-corrected chi connectivity index (χ2v) is 5.67. The molecule has 3 rings (SSSR count). The number of benzene rings is 1. The van der Waals surface area contributed by atoms with E-state index in [1.165, 1.54) is 0 Å². The van der Waals surface area contributed by atoms with Crippen molar-refractivity contribution in [2.75, 3.05) is 19.6 Å². The number of phenols is 1. The van der Waals surface area contributed by atoms with Gasteiger partial charge in [-0.15, -0.1) is 12.4 Å². The summed E-state index contributed by atoms with van der Waals surface area (Å²) in [7, 11) is 0. The van der Waals surface area contributed by atoms with E-state index >= 15 is 0 Å². The third-order valence-electron chi connectivity index (χ3n) is 4.33. The number of hydrogen-bond donors (Lipinski definition) is 2. The summed E-state index contributed by atoms with van der Waals surface area (Å²) in [5, 5.41) is 13.4. The minimum absolute atomic E-state index is 0. The van der Waals surface area contributed by atoms with Gasteiger partial charge in [-0.05, 0) is 44.4 Å². The Labute approximate surface area is 125 Å². The minimum atomic E-state index is -0.0356. The number of amides is 1. The van der Waals surface area contributed by atoms with Crippen molar-refractivity contribution in [3.63, 3.8) is 0 Å². The highest BCUT2D eigenvalue weighted by molar-refractivity contribution is 5.97. The van der Waals surface area contributed by atoms with Crippen LogP contribution in [0.1, 0.15) is 28.8 Å². The third kappa shape index (κ3) is 2.76. The van der Waals surface area contributed by atoms with E-state index in [1.54, 1.807) is 12.1 Å². The Bertz CT molecular complexity index is 507. The van der Waals surface area contributed by atoms with Gasteiger partial charge in [-0.2, -0.15) is 0 Å². The number of carbonyl (C=O) groups excluding carboxylic acids is 1. The van der Waals surface area contributed by atoms with Gasteiger partial charge in [0.2, 0.25) is 0 Å². The molecule has 2 unspecified atom stereocenters. The van der Waals surface area contributed by atoms with Crippen molar-refractivity contribution in [1.82, 2.24) is 10.2 Å². The molecule has 2 heterocycles. The molecule has 0 bridgehead atoms. The molecule has 20 heavy (non-hydrogen) atoms. The van der Waals surface area contributed by atoms with Crippen molar-refractivity contribution >= 4 is 18.3 Å². The topological polar surface area (TPSA) is 52.6 Å². The number of nitrogens with zero attached hydrogens (tertiary/aromatic N) is 1. The fourth-order valence-corrected chi connectivity index (χ4v) is 3.22. The first-order valence-electron chi connectivity index (χ1n) is 6.97. The zero-order chi connectivity index (χ0) is 13.4. The first-order valence-corrected chi connectivity index (χ1v) is 6.97. The van der Waals surface area contributed by atoms with Gasteiger partial charge in [-0.1, -0.05) is 11.6 Å². The van der Waals surface area contributed by atoms with Crippen molar-refractivity contribution in [1.29, 1.82) is 0 Å². The highest BCUT2D eigenvalue weighted by Crippen LogP contribution is 2.27. The smallest absolute Gasteiger partial charge is 0.257 e. The summed E-state index contributed by atoms with van der Waals surface area (Å²) in [6, 6.07) is 5.78. The Balaban J connectivity index is 0.00000147. The lowest BCUT2D eigenvalue weighted by molar-refractivity contribution is 0.0659. The number of rotatable bonds is 1. The first-order chi connectivity index (χ1) is 9.15. The number of piperidine rings is 1. The van der Waals surface area contributed by atoms with Crippen molar-refractivity contribution in [3.8, 4) is 5.75 Å². The molecule has 5 heteroatoms. The molecule has 2 aliphatic rings. The molecule has 0 aromatic heterocycles. The molecule has 0 aliphatic carbocycles. The Kier molecular flexibility index (Phi) is 4.55. The average molecular weight is 297 g/mol. The standard InChI is InChI=1S/C15H20N2O2.ClH/c1-10-2-3-14(18)12(8-10)15(19)17-7-5-13-11(9-17)4-6-16-13;/h2-3,8,11,13,16,18H,4-7,9H2,1H3;1H. The summed E-state index contributed by atoms with van der Waals surface area (Å²) in [5.74, 6) is 0.624. The summed E-state index contributed by atoms with van der Waals surface area (Å²) in [4.78, 5) is 14.4. The number of fused-ring (bicyclic) bond motifs is 1. The summed E-state index contributed by atoms with van der Waals surface area (Å²) >= 11 is 0. The van der Waals surface area contributed by atoms with Crippen molar-refractivity contribution < 1.29 is 9.90 Å². The lowest BCUT2D eigenvalue weighted by atomic mass is 9.93. The van der Waals surface area contributed by atoms with E-state index in [1.807, 2.05) is 17.9 Å². The number of hydrogen-bond acceptors (Lipinski definition) is 3. The number of carbonyl (C=O) groups is 1. The number of aryl methyl sites for hydroxylation is 1. The van der Waals surface area contributed by atoms with Crippen LogP contribution in [0.5, 0.6) is 5.75 Å². The zero-order valence-electron chi connectivity index (χ0n) is 11.6. The summed E-state index contributed by atoms with van der Waals surface area (Å²) < 4.78 is 0. The van der Waals surface area contributed by atoms with Gasteiger partial charge in [-0.3, -0.25) is 4.79 Å². The highest BCUT2D eigenvalue weighted by Gasteiger charge is 2.34. The highest BCUT2D eigenvalue weighted by atomic mass is 35.5. The van der Waals surface area contributed by atoms with Crippen LogP contribution in [0, 0.1) is 12.8 Å². The van der Waals surface area contributed by atoms with Crippen molar-refractivity contribution in [3.05, 3.63) is 29.3 Å². The lowest BCUT2D eigenvalue weighted by Crippen LogP contribution is -2.46. The fraction of sp³-hybridized carbons (Fsp3) is 0.533. The van der Waals surface area contributed by atoms with E-state index in [4.69, 9.17) is 0 Å². The van der Waals surface area contributed by atoms with E-state index in [-0.39, 0.29) is 24.1 Å². The SMILES string of the molecule is Cc1ccc(O)c(C(=O)N2CCC3NCCC3C2)c1.Cl. The van der Waals surface area contributed by atoms with Crippen LogP contribution in [0.4, 0.5) is 0 Å². The molecule has 0 saturated carbocycles. The maximum Gasteiger partial charge on any atom is 0.257 e. The molecule has 2 N–H and O–H groups in total. The number of halogens is 1. The molecular formula is C15H21ClN2O2. The first kappa shape index (κ1) is 15.1. The van der Waals surface area contributed by atoms with Gasteiger partial charge in [0, 0.05) is 19.1 Å². The molecule has 0 radical (unpaired) electrons. The summed E-state index contributed by atoms with van der Waals surface area (Å²) in [5.41, 5.74) is 1.43. The predicted octanol–water partition coefficient (Wildman–Crippen LogP) is 1.95. The molecule has 1 amide bonds. The predicted molar refractivity (Wildman–Crippen MR) is 80.5 cm³/mol. The van der Waals surface area contributed by atoms with Gasteiger partial charge in [0.15, 0.2) is 0 Å². The Hall–Kier alpha value is -1.26.